The number of rotatable bonds is 5. The number of methoxy groups -OCH3 is 2. The highest BCUT2D eigenvalue weighted by Crippen LogP contribution is 2.35. The van der Waals surface area contributed by atoms with Gasteiger partial charge in [0.15, 0.2) is 11.5 Å². The van der Waals surface area contributed by atoms with Crippen molar-refractivity contribution in [3.05, 3.63) is 23.8 Å². The molecule has 0 radical (unpaired) electrons. The van der Waals surface area contributed by atoms with E-state index in [1.54, 1.807) is 14.2 Å². The molecule has 3 atom stereocenters. The van der Waals surface area contributed by atoms with Crippen molar-refractivity contribution >= 4 is 0 Å². The molecule has 1 aliphatic rings. The molecule has 0 heterocycles. The fourth-order valence-corrected chi connectivity index (χ4v) is 3.81. The molecule has 1 fully saturated rings. The van der Waals surface area contributed by atoms with E-state index in [2.05, 4.69) is 19.9 Å². The Balaban J connectivity index is 2.03. The summed E-state index contributed by atoms with van der Waals surface area (Å²) < 4.78 is 10.7. The second kappa shape index (κ2) is 7.17. The van der Waals surface area contributed by atoms with Crippen LogP contribution < -0.4 is 15.2 Å². The van der Waals surface area contributed by atoms with Gasteiger partial charge in [-0.1, -0.05) is 19.9 Å². The molecule has 3 heteroatoms. The van der Waals surface area contributed by atoms with Gasteiger partial charge in [0.25, 0.3) is 0 Å². The summed E-state index contributed by atoms with van der Waals surface area (Å²) in [6.45, 7) is 4.71. The van der Waals surface area contributed by atoms with Crippen molar-refractivity contribution in [2.45, 2.75) is 45.6 Å². The molecule has 21 heavy (non-hydrogen) atoms. The van der Waals surface area contributed by atoms with E-state index in [1.165, 1.54) is 24.8 Å². The van der Waals surface area contributed by atoms with Gasteiger partial charge in [0.1, 0.15) is 0 Å². The van der Waals surface area contributed by atoms with Crippen LogP contribution in [0.1, 0.15) is 38.7 Å². The maximum Gasteiger partial charge on any atom is 0.160 e. The lowest BCUT2D eigenvalue weighted by Gasteiger charge is -2.35. The molecule has 1 aromatic carbocycles. The van der Waals surface area contributed by atoms with Gasteiger partial charge in [0, 0.05) is 6.04 Å². The van der Waals surface area contributed by atoms with E-state index in [4.69, 9.17) is 15.2 Å². The van der Waals surface area contributed by atoms with Crippen LogP contribution in [0.5, 0.6) is 11.5 Å². The van der Waals surface area contributed by atoms with Crippen LogP contribution >= 0.6 is 0 Å². The molecule has 0 aromatic heterocycles. The molecule has 1 saturated carbocycles. The lowest BCUT2D eigenvalue weighted by molar-refractivity contribution is 0.192. The zero-order valence-electron chi connectivity index (χ0n) is 13.8. The van der Waals surface area contributed by atoms with Crippen LogP contribution in [0.4, 0.5) is 0 Å². The second-order valence-electron chi connectivity index (χ2n) is 6.73. The molecular weight excluding hydrogens is 262 g/mol. The Morgan fingerprint density at radius 2 is 1.67 bits per heavy atom. The third kappa shape index (κ3) is 4.13. The van der Waals surface area contributed by atoms with E-state index in [9.17, 15) is 0 Å². The molecule has 3 nitrogen and oxygen atoms in total. The first kappa shape index (κ1) is 16.2. The van der Waals surface area contributed by atoms with Crippen molar-refractivity contribution in [2.75, 3.05) is 14.2 Å². The fraction of sp³-hybridized carbons (Fsp3) is 0.667. The normalized spacial score (nSPS) is 27.2. The van der Waals surface area contributed by atoms with Gasteiger partial charge in [-0.05, 0) is 61.1 Å². The second-order valence-corrected chi connectivity index (χ2v) is 6.73. The number of nitrogens with two attached hydrogens (primary N) is 1. The summed E-state index contributed by atoms with van der Waals surface area (Å²) >= 11 is 0. The van der Waals surface area contributed by atoms with E-state index >= 15 is 0 Å². The molecule has 0 amide bonds. The third-order valence-electron chi connectivity index (χ3n) is 4.74. The minimum absolute atomic E-state index is 0.230. The summed E-state index contributed by atoms with van der Waals surface area (Å²) in [5, 5.41) is 0. The predicted molar refractivity (Wildman–Crippen MR) is 86.9 cm³/mol. The highest BCUT2D eigenvalue weighted by molar-refractivity contribution is 5.43. The Morgan fingerprint density at radius 1 is 1.05 bits per heavy atom. The van der Waals surface area contributed by atoms with Crippen LogP contribution in [0, 0.1) is 17.8 Å². The average molecular weight is 291 g/mol. The van der Waals surface area contributed by atoms with Gasteiger partial charge in [0.2, 0.25) is 0 Å². The molecule has 2 rings (SSSR count). The van der Waals surface area contributed by atoms with Crippen molar-refractivity contribution < 1.29 is 9.47 Å². The van der Waals surface area contributed by atoms with Crippen molar-refractivity contribution in [2.24, 2.45) is 23.5 Å². The van der Waals surface area contributed by atoms with Gasteiger partial charge in [-0.15, -0.1) is 0 Å². The Labute approximate surface area is 128 Å². The summed E-state index contributed by atoms with van der Waals surface area (Å²) in [5.41, 5.74) is 7.72. The maximum absolute atomic E-state index is 6.49. The first-order chi connectivity index (χ1) is 10.0. The molecule has 1 aliphatic carbocycles. The van der Waals surface area contributed by atoms with Gasteiger partial charge in [-0.2, -0.15) is 0 Å². The van der Waals surface area contributed by atoms with Gasteiger partial charge in [-0.25, -0.2) is 0 Å². The minimum Gasteiger partial charge on any atom is -0.493 e. The van der Waals surface area contributed by atoms with E-state index in [0.717, 1.165) is 29.8 Å². The third-order valence-corrected chi connectivity index (χ3v) is 4.74. The zero-order valence-corrected chi connectivity index (χ0v) is 13.8. The van der Waals surface area contributed by atoms with E-state index in [1.807, 2.05) is 12.1 Å². The number of benzene rings is 1. The van der Waals surface area contributed by atoms with Gasteiger partial charge >= 0.3 is 0 Å². The molecule has 2 N–H and O–H groups in total. The quantitative estimate of drug-likeness (QED) is 0.900. The first-order valence-corrected chi connectivity index (χ1v) is 8.00. The monoisotopic (exact) mass is 291 g/mol. The summed E-state index contributed by atoms with van der Waals surface area (Å²) in [5.74, 6) is 3.80. The number of hydrogen-bond acceptors (Lipinski definition) is 3. The van der Waals surface area contributed by atoms with E-state index in [-0.39, 0.29) is 6.04 Å². The Hall–Kier alpha value is -1.22. The fourth-order valence-electron chi connectivity index (χ4n) is 3.81. The lowest BCUT2D eigenvalue weighted by atomic mass is 9.73. The molecule has 118 valence electrons. The van der Waals surface area contributed by atoms with Gasteiger partial charge < -0.3 is 15.2 Å². The highest BCUT2D eigenvalue weighted by Gasteiger charge is 2.28. The summed E-state index contributed by atoms with van der Waals surface area (Å²) in [6.07, 6.45) is 4.78. The number of hydrogen-bond donors (Lipinski definition) is 1. The highest BCUT2D eigenvalue weighted by atomic mass is 16.5. The Kier molecular flexibility index (Phi) is 5.51. The van der Waals surface area contributed by atoms with E-state index < -0.39 is 0 Å². The van der Waals surface area contributed by atoms with E-state index in [0.29, 0.717) is 5.92 Å². The summed E-state index contributed by atoms with van der Waals surface area (Å²) in [4.78, 5) is 0. The van der Waals surface area contributed by atoms with Crippen LogP contribution in [0.2, 0.25) is 0 Å². The van der Waals surface area contributed by atoms with Crippen LogP contribution in [0.3, 0.4) is 0 Å². The van der Waals surface area contributed by atoms with Crippen LogP contribution in [0.25, 0.3) is 0 Å². The number of ether oxygens (including phenoxy) is 2. The van der Waals surface area contributed by atoms with Crippen LogP contribution in [0.15, 0.2) is 18.2 Å². The predicted octanol–water partition coefficient (Wildman–Crippen LogP) is 3.65. The SMILES string of the molecule is COc1ccc(CC(N)C2CC(C)CC(C)C2)cc1OC. The topological polar surface area (TPSA) is 44.5 Å². The maximum atomic E-state index is 6.49. The smallest absolute Gasteiger partial charge is 0.160 e. The Morgan fingerprint density at radius 3 is 2.24 bits per heavy atom. The molecular formula is C18H29NO2. The molecule has 1 aromatic rings. The lowest BCUT2D eigenvalue weighted by Crippen LogP contribution is -2.37. The van der Waals surface area contributed by atoms with Crippen molar-refractivity contribution in [3.8, 4) is 11.5 Å². The molecule has 3 unspecified atom stereocenters. The average Bonchev–Trinajstić information content (AvgIpc) is 2.46. The van der Waals surface area contributed by atoms with Crippen LogP contribution in [-0.4, -0.2) is 20.3 Å². The molecule has 0 saturated heterocycles. The van der Waals surface area contributed by atoms with Crippen molar-refractivity contribution in [3.63, 3.8) is 0 Å². The standard InChI is InChI=1S/C18H29NO2/c1-12-7-13(2)9-15(8-12)16(19)10-14-5-6-17(20-3)18(11-14)21-4/h5-6,11-13,15-16H,7-10,19H2,1-4H3. The molecule has 0 bridgehead atoms. The molecule has 0 aliphatic heterocycles. The van der Waals surface area contributed by atoms with Crippen molar-refractivity contribution in [1.29, 1.82) is 0 Å². The van der Waals surface area contributed by atoms with Gasteiger partial charge in [-0.3, -0.25) is 0 Å². The largest absolute Gasteiger partial charge is 0.493 e. The van der Waals surface area contributed by atoms with Crippen molar-refractivity contribution in [1.82, 2.24) is 0 Å². The van der Waals surface area contributed by atoms with Gasteiger partial charge in [0.05, 0.1) is 14.2 Å². The summed E-state index contributed by atoms with van der Waals surface area (Å²) in [7, 11) is 3.33. The minimum atomic E-state index is 0.230. The van der Waals surface area contributed by atoms with Crippen LogP contribution in [-0.2, 0) is 6.42 Å². The summed E-state index contributed by atoms with van der Waals surface area (Å²) in [6, 6.07) is 6.34. The molecule has 0 spiro atoms. The zero-order chi connectivity index (χ0) is 15.4. The first-order valence-electron chi connectivity index (χ1n) is 8.00. The Bertz CT molecular complexity index is 451.